The van der Waals surface area contributed by atoms with Crippen LogP contribution >= 0.6 is 0 Å². The van der Waals surface area contributed by atoms with Crippen LogP contribution in [0.2, 0.25) is 0 Å². The summed E-state index contributed by atoms with van der Waals surface area (Å²) < 4.78 is 23.8. The topological polar surface area (TPSA) is 80.5 Å². The second-order valence-corrected chi connectivity index (χ2v) is 7.07. The smallest absolute Gasteiger partial charge is 0.258 e. The molecule has 1 amide bonds. The molecule has 4 rings (SSSR count). The standard InChI is InChI=1S/C22H23FN4O3/c23-19-7-5-16(6-8-19)20-25-22(30-26-20)18-4-1-3-17(15-18)21(28)24-9-2-10-27-11-13-29-14-12-27/h1,3-8,15H,2,9-14H2,(H,24,28). The number of nitrogens with zero attached hydrogens (tertiary/aromatic N) is 3. The van der Waals surface area contributed by atoms with Gasteiger partial charge in [-0.15, -0.1) is 0 Å². The van der Waals surface area contributed by atoms with Gasteiger partial charge in [0.1, 0.15) is 5.82 Å². The van der Waals surface area contributed by atoms with Gasteiger partial charge in [-0.25, -0.2) is 4.39 Å². The molecule has 0 bridgehead atoms. The molecule has 1 aliphatic heterocycles. The number of nitrogens with one attached hydrogen (secondary N) is 1. The summed E-state index contributed by atoms with van der Waals surface area (Å²) >= 11 is 0. The molecular weight excluding hydrogens is 387 g/mol. The van der Waals surface area contributed by atoms with Crippen molar-refractivity contribution in [2.45, 2.75) is 6.42 Å². The number of halogens is 1. The van der Waals surface area contributed by atoms with Crippen LogP contribution in [0.15, 0.2) is 53.1 Å². The Hall–Kier alpha value is -3.10. The quantitative estimate of drug-likeness (QED) is 0.603. The average molecular weight is 410 g/mol. The maximum atomic E-state index is 13.1. The molecule has 8 heteroatoms. The van der Waals surface area contributed by atoms with Crippen molar-refractivity contribution >= 4 is 5.91 Å². The Labute approximate surface area is 173 Å². The van der Waals surface area contributed by atoms with Gasteiger partial charge >= 0.3 is 0 Å². The number of rotatable bonds is 7. The number of morpholine rings is 1. The molecule has 1 N–H and O–H groups in total. The third kappa shape index (κ3) is 5.08. The van der Waals surface area contributed by atoms with Crippen molar-refractivity contribution in [2.75, 3.05) is 39.4 Å². The third-order valence-electron chi connectivity index (χ3n) is 4.94. The van der Waals surface area contributed by atoms with Crippen molar-refractivity contribution in [3.05, 3.63) is 59.9 Å². The van der Waals surface area contributed by atoms with Crippen LogP contribution in [-0.2, 0) is 4.74 Å². The van der Waals surface area contributed by atoms with Gasteiger partial charge in [0.15, 0.2) is 0 Å². The minimum Gasteiger partial charge on any atom is -0.379 e. The predicted molar refractivity (Wildman–Crippen MR) is 109 cm³/mol. The number of amides is 1. The number of ether oxygens (including phenoxy) is 1. The molecule has 1 fully saturated rings. The van der Waals surface area contributed by atoms with Crippen LogP contribution in [0.3, 0.4) is 0 Å². The molecule has 7 nitrogen and oxygen atoms in total. The van der Waals surface area contributed by atoms with E-state index in [4.69, 9.17) is 9.26 Å². The molecule has 0 spiro atoms. The van der Waals surface area contributed by atoms with E-state index in [1.54, 1.807) is 36.4 Å². The van der Waals surface area contributed by atoms with Gasteiger partial charge in [0.05, 0.1) is 13.2 Å². The maximum absolute atomic E-state index is 13.1. The van der Waals surface area contributed by atoms with Crippen LogP contribution in [0, 0.1) is 5.82 Å². The zero-order valence-corrected chi connectivity index (χ0v) is 16.5. The molecular formula is C22H23FN4O3. The zero-order chi connectivity index (χ0) is 20.8. The molecule has 0 radical (unpaired) electrons. The van der Waals surface area contributed by atoms with E-state index in [1.165, 1.54) is 12.1 Å². The molecule has 0 saturated carbocycles. The first-order chi connectivity index (χ1) is 14.7. The summed E-state index contributed by atoms with van der Waals surface area (Å²) in [5.74, 6) is 0.197. The van der Waals surface area contributed by atoms with Gasteiger partial charge < -0.3 is 14.6 Å². The first-order valence-corrected chi connectivity index (χ1v) is 9.97. The number of benzene rings is 2. The summed E-state index contributed by atoms with van der Waals surface area (Å²) in [6.07, 6.45) is 0.885. The summed E-state index contributed by atoms with van der Waals surface area (Å²) in [6, 6.07) is 12.9. The highest BCUT2D eigenvalue weighted by Crippen LogP contribution is 2.23. The lowest BCUT2D eigenvalue weighted by Gasteiger charge is -2.26. The number of carbonyl (C=O) groups is 1. The normalized spacial score (nSPS) is 14.6. The minimum absolute atomic E-state index is 0.142. The van der Waals surface area contributed by atoms with E-state index in [1.807, 2.05) is 0 Å². The van der Waals surface area contributed by atoms with Gasteiger partial charge in [0.2, 0.25) is 5.82 Å². The molecule has 0 unspecified atom stereocenters. The van der Waals surface area contributed by atoms with Crippen molar-refractivity contribution in [3.8, 4) is 22.8 Å². The highest BCUT2D eigenvalue weighted by Gasteiger charge is 2.14. The van der Waals surface area contributed by atoms with Crippen molar-refractivity contribution < 1.29 is 18.4 Å². The Morgan fingerprint density at radius 3 is 2.70 bits per heavy atom. The maximum Gasteiger partial charge on any atom is 0.258 e. The van der Waals surface area contributed by atoms with Crippen molar-refractivity contribution in [1.82, 2.24) is 20.4 Å². The molecule has 0 atom stereocenters. The fourth-order valence-corrected chi connectivity index (χ4v) is 3.28. The molecule has 3 aromatic rings. The molecule has 1 aromatic heterocycles. The molecule has 30 heavy (non-hydrogen) atoms. The monoisotopic (exact) mass is 410 g/mol. The fraction of sp³-hybridized carbons (Fsp3) is 0.318. The van der Waals surface area contributed by atoms with E-state index in [0.717, 1.165) is 39.3 Å². The van der Waals surface area contributed by atoms with Crippen molar-refractivity contribution in [2.24, 2.45) is 0 Å². The Morgan fingerprint density at radius 2 is 1.90 bits per heavy atom. The molecule has 1 aliphatic rings. The van der Waals surface area contributed by atoms with Crippen LogP contribution in [0.1, 0.15) is 16.8 Å². The number of carbonyl (C=O) groups excluding carboxylic acids is 1. The lowest BCUT2D eigenvalue weighted by atomic mass is 10.1. The Kier molecular flexibility index (Phi) is 6.46. The van der Waals surface area contributed by atoms with E-state index < -0.39 is 0 Å². The van der Waals surface area contributed by atoms with E-state index in [-0.39, 0.29) is 11.7 Å². The fourth-order valence-electron chi connectivity index (χ4n) is 3.28. The summed E-state index contributed by atoms with van der Waals surface area (Å²) in [4.78, 5) is 19.2. The van der Waals surface area contributed by atoms with Gasteiger partial charge in [-0.3, -0.25) is 9.69 Å². The predicted octanol–water partition coefficient (Wildman–Crippen LogP) is 2.99. The SMILES string of the molecule is O=C(NCCCN1CCOCC1)c1cccc(-c2nc(-c3ccc(F)cc3)no2)c1. The van der Waals surface area contributed by atoms with Crippen LogP contribution in [0.25, 0.3) is 22.8 Å². The number of hydrogen-bond donors (Lipinski definition) is 1. The highest BCUT2D eigenvalue weighted by molar-refractivity contribution is 5.95. The number of hydrogen-bond acceptors (Lipinski definition) is 6. The summed E-state index contributed by atoms with van der Waals surface area (Å²) in [5, 5.41) is 6.90. The Bertz CT molecular complexity index is 984. The molecule has 0 aliphatic carbocycles. The second kappa shape index (κ2) is 9.60. The van der Waals surface area contributed by atoms with Crippen LogP contribution in [0.4, 0.5) is 4.39 Å². The molecule has 156 valence electrons. The summed E-state index contributed by atoms with van der Waals surface area (Å²) in [6.45, 7) is 4.99. The van der Waals surface area contributed by atoms with E-state index in [9.17, 15) is 9.18 Å². The van der Waals surface area contributed by atoms with Gasteiger partial charge in [-0.05, 0) is 55.4 Å². The summed E-state index contributed by atoms with van der Waals surface area (Å²) in [7, 11) is 0. The Morgan fingerprint density at radius 1 is 1.10 bits per heavy atom. The lowest BCUT2D eigenvalue weighted by Crippen LogP contribution is -2.38. The first kappa shape index (κ1) is 20.2. The van der Waals surface area contributed by atoms with E-state index >= 15 is 0 Å². The van der Waals surface area contributed by atoms with Crippen molar-refractivity contribution in [3.63, 3.8) is 0 Å². The van der Waals surface area contributed by atoms with Gasteiger partial charge in [0, 0.05) is 36.3 Å². The largest absolute Gasteiger partial charge is 0.379 e. The van der Waals surface area contributed by atoms with Crippen LogP contribution in [0.5, 0.6) is 0 Å². The average Bonchev–Trinajstić information content (AvgIpc) is 3.28. The van der Waals surface area contributed by atoms with Crippen LogP contribution in [-0.4, -0.2) is 60.3 Å². The minimum atomic E-state index is -0.328. The lowest BCUT2D eigenvalue weighted by molar-refractivity contribution is 0.0374. The van der Waals surface area contributed by atoms with E-state index in [0.29, 0.717) is 35.0 Å². The molecule has 2 aromatic carbocycles. The number of aromatic nitrogens is 2. The highest BCUT2D eigenvalue weighted by atomic mass is 19.1. The zero-order valence-electron chi connectivity index (χ0n) is 16.5. The van der Waals surface area contributed by atoms with Gasteiger partial charge in [-0.1, -0.05) is 11.2 Å². The third-order valence-corrected chi connectivity index (χ3v) is 4.94. The second-order valence-electron chi connectivity index (χ2n) is 7.07. The Balaban J connectivity index is 1.35. The van der Waals surface area contributed by atoms with Gasteiger partial charge in [-0.2, -0.15) is 4.98 Å². The van der Waals surface area contributed by atoms with Crippen molar-refractivity contribution in [1.29, 1.82) is 0 Å². The summed E-state index contributed by atoms with van der Waals surface area (Å²) in [5.41, 5.74) is 1.83. The molecule has 2 heterocycles. The first-order valence-electron chi connectivity index (χ1n) is 9.97. The van der Waals surface area contributed by atoms with Crippen LogP contribution < -0.4 is 5.32 Å². The molecule has 1 saturated heterocycles. The van der Waals surface area contributed by atoms with E-state index in [2.05, 4.69) is 20.4 Å². The van der Waals surface area contributed by atoms with Gasteiger partial charge in [0.25, 0.3) is 11.8 Å².